The molecule has 0 radical (unpaired) electrons. The van der Waals surface area contributed by atoms with Crippen molar-refractivity contribution in [1.82, 2.24) is 14.8 Å². The zero-order valence-corrected chi connectivity index (χ0v) is 13.6. The lowest BCUT2D eigenvalue weighted by Gasteiger charge is -2.14. The second-order valence-electron chi connectivity index (χ2n) is 4.71. The van der Waals surface area contributed by atoms with Gasteiger partial charge in [-0.15, -0.1) is 10.2 Å². The van der Waals surface area contributed by atoms with E-state index in [1.54, 1.807) is 37.6 Å². The van der Waals surface area contributed by atoms with Crippen LogP contribution in [-0.2, 0) is 11.8 Å². The molecule has 23 heavy (non-hydrogen) atoms. The largest absolute Gasteiger partial charge is 0.433 e. The van der Waals surface area contributed by atoms with E-state index >= 15 is 0 Å². The van der Waals surface area contributed by atoms with Crippen molar-refractivity contribution in [3.05, 3.63) is 30.1 Å². The van der Waals surface area contributed by atoms with E-state index in [-0.39, 0.29) is 17.3 Å². The Bertz CT molecular complexity index is 693. The average Bonchev–Trinajstić information content (AvgIpc) is 2.80. The van der Waals surface area contributed by atoms with Gasteiger partial charge in [-0.05, 0) is 26.0 Å². The van der Waals surface area contributed by atoms with Crippen LogP contribution in [0.2, 0.25) is 0 Å². The number of amides is 1. The smallest absolute Gasteiger partial charge is 0.387 e. The minimum atomic E-state index is -2.96. The van der Waals surface area contributed by atoms with Crippen LogP contribution in [0.1, 0.15) is 12.7 Å². The zero-order chi connectivity index (χ0) is 17.0. The van der Waals surface area contributed by atoms with Crippen molar-refractivity contribution >= 4 is 23.4 Å². The molecule has 0 aliphatic carbocycles. The Morgan fingerprint density at radius 1 is 1.35 bits per heavy atom. The molecule has 1 amide bonds. The van der Waals surface area contributed by atoms with Gasteiger partial charge in [0.2, 0.25) is 5.91 Å². The minimum Gasteiger partial charge on any atom is -0.433 e. The Labute approximate surface area is 136 Å². The highest BCUT2D eigenvalue weighted by Gasteiger charge is 2.20. The lowest BCUT2D eigenvalue weighted by atomic mass is 10.3. The first-order valence-electron chi connectivity index (χ1n) is 6.76. The van der Waals surface area contributed by atoms with Gasteiger partial charge in [0.05, 0.1) is 10.9 Å². The van der Waals surface area contributed by atoms with Gasteiger partial charge in [0.25, 0.3) is 0 Å². The van der Waals surface area contributed by atoms with Gasteiger partial charge in [0.15, 0.2) is 5.16 Å². The number of alkyl halides is 2. The lowest BCUT2D eigenvalue weighted by Crippen LogP contribution is -2.23. The number of ether oxygens (including phenoxy) is 1. The van der Waals surface area contributed by atoms with Crippen LogP contribution in [0.5, 0.6) is 5.75 Å². The highest BCUT2D eigenvalue weighted by atomic mass is 32.2. The van der Waals surface area contributed by atoms with E-state index in [1.807, 2.05) is 0 Å². The highest BCUT2D eigenvalue weighted by molar-refractivity contribution is 8.00. The maximum atomic E-state index is 12.4. The van der Waals surface area contributed by atoms with E-state index in [2.05, 4.69) is 20.3 Å². The van der Waals surface area contributed by atoms with Gasteiger partial charge >= 0.3 is 6.61 Å². The molecule has 0 saturated heterocycles. The molecule has 0 unspecified atom stereocenters. The molecule has 1 heterocycles. The molecule has 0 aliphatic rings. The SMILES string of the molecule is Cc1nnc(S[C@H](C)C(=O)Nc2ccccc2OC(F)F)n1C. The van der Waals surface area contributed by atoms with Crippen LogP contribution in [0.4, 0.5) is 14.5 Å². The molecule has 0 fully saturated rings. The maximum absolute atomic E-state index is 12.4. The average molecular weight is 342 g/mol. The van der Waals surface area contributed by atoms with Crippen LogP contribution >= 0.6 is 11.8 Å². The summed E-state index contributed by atoms with van der Waals surface area (Å²) in [4.78, 5) is 12.2. The van der Waals surface area contributed by atoms with Crippen molar-refractivity contribution < 1.29 is 18.3 Å². The van der Waals surface area contributed by atoms with E-state index in [9.17, 15) is 13.6 Å². The summed E-state index contributed by atoms with van der Waals surface area (Å²) in [5, 5.41) is 10.6. The maximum Gasteiger partial charge on any atom is 0.387 e. The van der Waals surface area contributed by atoms with Gasteiger partial charge in [-0.2, -0.15) is 8.78 Å². The van der Waals surface area contributed by atoms with Gasteiger partial charge < -0.3 is 14.6 Å². The van der Waals surface area contributed by atoms with Crippen LogP contribution in [0.15, 0.2) is 29.4 Å². The Balaban J connectivity index is 2.05. The van der Waals surface area contributed by atoms with E-state index in [4.69, 9.17) is 0 Å². The molecule has 2 rings (SSSR count). The first-order valence-corrected chi connectivity index (χ1v) is 7.63. The Morgan fingerprint density at radius 3 is 2.65 bits per heavy atom. The van der Waals surface area contributed by atoms with E-state index in [0.717, 1.165) is 5.82 Å². The molecule has 124 valence electrons. The van der Waals surface area contributed by atoms with Crippen molar-refractivity contribution in [2.24, 2.45) is 7.05 Å². The minimum absolute atomic E-state index is 0.0810. The molecule has 2 aromatic rings. The summed E-state index contributed by atoms with van der Waals surface area (Å²) in [6.07, 6.45) is 0. The van der Waals surface area contributed by atoms with Crippen molar-refractivity contribution in [3.8, 4) is 5.75 Å². The normalized spacial score (nSPS) is 12.3. The molecule has 1 atom stereocenters. The quantitative estimate of drug-likeness (QED) is 0.818. The van der Waals surface area contributed by atoms with Crippen LogP contribution in [0, 0.1) is 6.92 Å². The second kappa shape index (κ2) is 7.40. The fraction of sp³-hybridized carbons (Fsp3) is 0.357. The molecule has 0 aliphatic heterocycles. The number of hydrogen-bond acceptors (Lipinski definition) is 5. The highest BCUT2D eigenvalue weighted by Crippen LogP contribution is 2.27. The van der Waals surface area contributed by atoms with Gasteiger partial charge in [-0.3, -0.25) is 4.79 Å². The molecule has 0 saturated carbocycles. The van der Waals surface area contributed by atoms with Crippen LogP contribution in [0.25, 0.3) is 0 Å². The molecule has 1 aromatic carbocycles. The van der Waals surface area contributed by atoms with Crippen LogP contribution in [0.3, 0.4) is 0 Å². The Hall–Kier alpha value is -2.16. The van der Waals surface area contributed by atoms with E-state index < -0.39 is 11.9 Å². The Morgan fingerprint density at radius 2 is 2.04 bits per heavy atom. The number of thioether (sulfide) groups is 1. The first kappa shape index (κ1) is 17.2. The summed E-state index contributed by atoms with van der Waals surface area (Å²) in [5.41, 5.74) is 0.194. The predicted molar refractivity (Wildman–Crippen MR) is 82.8 cm³/mol. The first-order chi connectivity index (χ1) is 10.9. The Kier molecular flexibility index (Phi) is 5.54. The van der Waals surface area contributed by atoms with Crippen molar-refractivity contribution in [2.75, 3.05) is 5.32 Å². The summed E-state index contributed by atoms with van der Waals surface area (Å²) in [6.45, 7) is 0.543. The molecular formula is C14H16F2N4O2S. The number of rotatable bonds is 6. The number of halogens is 2. The number of benzene rings is 1. The summed E-state index contributed by atoms with van der Waals surface area (Å²) in [7, 11) is 1.80. The molecule has 0 spiro atoms. The third-order valence-electron chi connectivity index (χ3n) is 3.07. The third-order valence-corrected chi connectivity index (χ3v) is 4.20. The van der Waals surface area contributed by atoms with E-state index in [1.165, 1.54) is 23.9 Å². The number of nitrogens with zero attached hydrogens (tertiary/aromatic N) is 3. The number of para-hydroxylation sites is 2. The number of hydrogen-bond donors (Lipinski definition) is 1. The molecule has 1 N–H and O–H groups in total. The van der Waals surface area contributed by atoms with Gasteiger partial charge in [-0.25, -0.2) is 0 Å². The molecule has 1 aromatic heterocycles. The number of aromatic nitrogens is 3. The molecule has 0 bridgehead atoms. The molecule has 9 heteroatoms. The zero-order valence-electron chi connectivity index (χ0n) is 12.8. The third kappa shape index (κ3) is 4.41. The molecule has 6 nitrogen and oxygen atoms in total. The number of carbonyl (C=O) groups excluding carboxylic acids is 1. The van der Waals surface area contributed by atoms with Crippen molar-refractivity contribution in [3.63, 3.8) is 0 Å². The monoisotopic (exact) mass is 342 g/mol. The second-order valence-corrected chi connectivity index (χ2v) is 6.02. The van der Waals surface area contributed by atoms with Crippen molar-refractivity contribution in [2.45, 2.75) is 30.9 Å². The summed E-state index contributed by atoms with van der Waals surface area (Å²) in [6, 6.07) is 6.04. The summed E-state index contributed by atoms with van der Waals surface area (Å²) >= 11 is 1.23. The van der Waals surface area contributed by atoms with Crippen LogP contribution < -0.4 is 10.1 Å². The number of nitrogens with one attached hydrogen (secondary N) is 1. The van der Waals surface area contributed by atoms with Crippen molar-refractivity contribution in [1.29, 1.82) is 0 Å². The topological polar surface area (TPSA) is 69.0 Å². The van der Waals surface area contributed by atoms with E-state index in [0.29, 0.717) is 5.16 Å². The summed E-state index contributed by atoms with van der Waals surface area (Å²) in [5.74, 6) is 0.305. The predicted octanol–water partition coefficient (Wildman–Crippen LogP) is 2.84. The number of anilines is 1. The van der Waals surface area contributed by atoms with Gasteiger partial charge in [0, 0.05) is 7.05 Å². The fourth-order valence-corrected chi connectivity index (χ4v) is 2.57. The number of aryl methyl sites for hydroxylation is 1. The summed E-state index contributed by atoms with van der Waals surface area (Å²) < 4.78 is 30.9. The standard InChI is InChI=1S/C14H16F2N4O2S/c1-8(23-14-19-18-9(2)20(14)3)12(21)17-10-6-4-5-7-11(10)22-13(15)16/h4-8,13H,1-3H3,(H,17,21)/t8-/m1/s1. The van der Waals surface area contributed by atoms with Gasteiger partial charge in [0.1, 0.15) is 11.6 Å². The fourth-order valence-electron chi connectivity index (χ4n) is 1.70. The van der Waals surface area contributed by atoms with Gasteiger partial charge in [-0.1, -0.05) is 23.9 Å². The lowest BCUT2D eigenvalue weighted by molar-refractivity contribution is -0.115. The molecular weight excluding hydrogens is 326 g/mol. The van der Waals surface area contributed by atoms with Crippen LogP contribution in [-0.4, -0.2) is 32.5 Å². The number of carbonyl (C=O) groups is 1.